The van der Waals surface area contributed by atoms with Crippen LogP contribution in [-0.2, 0) is 4.74 Å². The predicted octanol–water partition coefficient (Wildman–Crippen LogP) is 3.26. The van der Waals surface area contributed by atoms with Gasteiger partial charge in [-0.05, 0) is 30.7 Å². The number of aromatic nitrogens is 1. The van der Waals surface area contributed by atoms with E-state index in [0.29, 0.717) is 24.5 Å². The molecule has 25 heavy (non-hydrogen) atoms. The van der Waals surface area contributed by atoms with Crippen LogP contribution >= 0.6 is 0 Å². The molecule has 1 aliphatic rings. The lowest BCUT2D eigenvalue weighted by Gasteiger charge is -2.26. The maximum atomic E-state index is 12.6. The molecule has 1 aromatic heterocycles. The summed E-state index contributed by atoms with van der Waals surface area (Å²) in [6, 6.07) is 10.5. The van der Waals surface area contributed by atoms with Gasteiger partial charge in [0.05, 0.1) is 24.0 Å². The fourth-order valence-corrected chi connectivity index (χ4v) is 2.65. The molecule has 0 aliphatic carbocycles. The van der Waals surface area contributed by atoms with Crippen LogP contribution in [0.4, 0.5) is 21.0 Å². The number of carbonyl (C=O) groups is 2. The number of benzene rings is 1. The van der Waals surface area contributed by atoms with Crippen molar-refractivity contribution < 1.29 is 14.3 Å². The van der Waals surface area contributed by atoms with Gasteiger partial charge < -0.3 is 15.0 Å². The molecule has 3 rings (SSSR count). The SMILES string of the molecule is C[C@@H](c1cccnc1)N(C)C(=O)Nc1ccccc1N1CCOC1=O. The number of ether oxygens (including phenoxy) is 1. The molecule has 130 valence electrons. The van der Waals surface area contributed by atoms with E-state index in [1.807, 2.05) is 31.2 Å². The van der Waals surface area contributed by atoms with E-state index >= 15 is 0 Å². The maximum absolute atomic E-state index is 12.6. The van der Waals surface area contributed by atoms with Crippen molar-refractivity contribution >= 4 is 23.5 Å². The van der Waals surface area contributed by atoms with Gasteiger partial charge >= 0.3 is 12.1 Å². The van der Waals surface area contributed by atoms with Crippen molar-refractivity contribution in [3.63, 3.8) is 0 Å². The summed E-state index contributed by atoms with van der Waals surface area (Å²) in [5.74, 6) is 0. The number of amides is 3. The standard InChI is InChI=1S/C18H20N4O3/c1-13(14-6-5-9-19-12-14)21(2)17(23)20-15-7-3-4-8-16(15)22-10-11-25-18(22)24/h3-9,12-13H,10-11H2,1-2H3,(H,20,23)/t13-/m0/s1. The average molecular weight is 340 g/mol. The minimum absolute atomic E-state index is 0.141. The molecule has 1 aromatic carbocycles. The van der Waals surface area contributed by atoms with Crippen molar-refractivity contribution in [3.8, 4) is 0 Å². The van der Waals surface area contributed by atoms with Crippen LogP contribution in [0.15, 0.2) is 48.8 Å². The molecule has 7 nitrogen and oxygen atoms in total. The first-order valence-electron chi connectivity index (χ1n) is 8.05. The van der Waals surface area contributed by atoms with Crippen LogP contribution in [0.1, 0.15) is 18.5 Å². The highest BCUT2D eigenvalue weighted by Crippen LogP contribution is 2.29. The molecular formula is C18H20N4O3. The van der Waals surface area contributed by atoms with Crippen LogP contribution in [-0.4, -0.2) is 42.2 Å². The predicted molar refractivity (Wildman–Crippen MR) is 94.6 cm³/mol. The third kappa shape index (κ3) is 3.55. The van der Waals surface area contributed by atoms with Crippen LogP contribution in [0.25, 0.3) is 0 Å². The number of nitrogens with zero attached hydrogens (tertiary/aromatic N) is 3. The number of nitrogens with one attached hydrogen (secondary N) is 1. The fraction of sp³-hybridized carbons (Fsp3) is 0.278. The van der Waals surface area contributed by atoms with Gasteiger partial charge in [-0.3, -0.25) is 9.88 Å². The molecule has 1 N–H and O–H groups in total. The Morgan fingerprint density at radius 2 is 2.12 bits per heavy atom. The number of carbonyl (C=O) groups excluding carboxylic acids is 2. The van der Waals surface area contributed by atoms with E-state index in [1.165, 1.54) is 4.90 Å². The monoisotopic (exact) mass is 340 g/mol. The number of para-hydroxylation sites is 2. The van der Waals surface area contributed by atoms with E-state index in [4.69, 9.17) is 4.74 Å². The quantitative estimate of drug-likeness (QED) is 0.927. The van der Waals surface area contributed by atoms with Gasteiger partial charge in [0, 0.05) is 19.4 Å². The third-order valence-corrected chi connectivity index (χ3v) is 4.27. The first kappa shape index (κ1) is 16.8. The molecule has 2 heterocycles. The Morgan fingerprint density at radius 3 is 2.80 bits per heavy atom. The van der Waals surface area contributed by atoms with Gasteiger partial charge in [-0.1, -0.05) is 18.2 Å². The van der Waals surface area contributed by atoms with E-state index in [1.54, 1.807) is 36.5 Å². The molecule has 0 radical (unpaired) electrons. The largest absolute Gasteiger partial charge is 0.447 e. The summed E-state index contributed by atoms with van der Waals surface area (Å²) in [5, 5.41) is 2.88. The van der Waals surface area contributed by atoms with Crippen molar-refractivity contribution in [2.75, 3.05) is 30.4 Å². The molecule has 3 amide bonds. The second-order valence-corrected chi connectivity index (χ2v) is 5.79. The molecule has 1 fully saturated rings. The van der Waals surface area contributed by atoms with E-state index in [2.05, 4.69) is 10.3 Å². The van der Waals surface area contributed by atoms with E-state index in [9.17, 15) is 9.59 Å². The molecule has 0 spiro atoms. The van der Waals surface area contributed by atoms with Crippen LogP contribution < -0.4 is 10.2 Å². The first-order valence-corrected chi connectivity index (χ1v) is 8.05. The molecule has 0 bridgehead atoms. The number of cyclic esters (lactones) is 1. The molecule has 2 aromatic rings. The summed E-state index contributed by atoms with van der Waals surface area (Å²) in [6.07, 6.45) is 3.03. The maximum Gasteiger partial charge on any atom is 0.414 e. The smallest absolute Gasteiger partial charge is 0.414 e. The van der Waals surface area contributed by atoms with E-state index in [-0.39, 0.29) is 12.1 Å². The minimum Gasteiger partial charge on any atom is -0.447 e. The highest BCUT2D eigenvalue weighted by molar-refractivity contribution is 5.99. The Hall–Kier alpha value is -3.09. The number of hydrogen-bond acceptors (Lipinski definition) is 4. The average Bonchev–Trinajstić information content (AvgIpc) is 3.07. The number of rotatable bonds is 4. The van der Waals surface area contributed by atoms with Gasteiger partial charge in [-0.15, -0.1) is 0 Å². The number of urea groups is 1. The Balaban J connectivity index is 1.76. The summed E-state index contributed by atoms with van der Waals surface area (Å²) in [7, 11) is 1.72. The lowest BCUT2D eigenvalue weighted by atomic mass is 10.1. The van der Waals surface area contributed by atoms with Crippen LogP contribution in [0, 0.1) is 0 Å². The Labute approximate surface area is 146 Å². The zero-order chi connectivity index (χ0) is 17.8. The molecular weight excluding hydrogens is 320 g/mol. The number of anilines is 2. The van der Waals surface area contributed by atoms with Crippen LogP contribution in [0.5, 0.6) is 0 Å². The van der Waals surface area contributed by atoms with E-state index < -0.39 is 6.09 Å². The number of pyridine rings is 1. The second kappa shape index (κ2) is 7.21. The number of hydrogen-bond donors (Lipinski definition) is 1. The fourth-order valence-electron chi connectivity index (χ4n) is 2.65. The summed E-state index contributed by atoms with van der Waals surface area (Å²) in [6.45, 7) is 2.74. The van der Waals surface area contributed by atoms with Gasteiger partial charge in [-0.25, -0.2) is 9.59 Å². The molecule has 7 heteroatoms. The molecule has 1 atom stereocenters. The lowest BCUT2D eigenvalue weighted by Crippen LogP contribution is -2.34. The van der Waals surface area contributed by atoms with Gasteiger partial charge in [0.25, 0.3) is 0 Å². The topological polar surface area (TPSA) is 74.8 Å². The summed E-state index contributed by atoms with van der Waals surface area (Å²) in [4.78, 5) is 31.6. The highest BCUT2D eigenvalue weighted by Gasteiger charge is 2.26. The molecule has 0 saturated carbocycles. The van der Waals surface area contributed by atoms with Crippen molar-refractivity contribution in [3.05, 3.63) is 54.4 Å². The Morgan fingerprint density at radius 1 is 1.32 bits per heavy atom. The van der Waals surface area contributed by atoms with Crippen LogP contribution in [0.2, 0.25) is 0 Å². The second-order valence-electron chi connectivity index (χ2n) is 5.79. The van der Waals surface area contributed by atoms with Gasteiger partial charge in [0.2, 0.25) is 0 Å². The van der Waals surface area contributed by atoms with Crippen molar-refractivity contribution in [2.45, 2.75) is 13.0 Å². The summed E-state index contributed by atoms with van der Waals surface area (Å²) >= 11 is 0. The van der Waals surface area contributed by atoms with Crippen molar-refractivity contribution in [1.29, 1.82) is 0 Å². The summed E-state index contributed by atoms with van der Waals surface area (Å²) < 4.78 is 4.98. The lowest BCUT2D eigenvalue weighted by molar-refractivity contribution is 0.181. The van der Waals surface area contributed by atoms with Gasteiger partial charge in [0.1, 0.15) is 6.61 Å². The minimum atomic E-state index is -0.404. The third-order valence-electron chi connectivity index (χ3n) is 4.27. The van der Waals surface area contributed by atoms with Crippen molar-refractivity contribution in [1.82, 2.24) is 9.88 Å². The molecule has 1 aliphatic heterocycles. The Kier molecular flexibility index (Phi) is 4.83. The van der Waals surface area contributed by atoms with E-state index in [0.717, 1.165) is 5.56 Å². The normalized spacial score (nSPS) is 14.8. The van der Waals surface area contributed by atoms with Crippen LogP contribution in [0.3, 0.4) is 0 Å². The zero-order valence-electron chi connectivity index (χ0n) is 14.2. The molecule has 0 unspecified atom stereocenters. The van der Waals surface area contributed by atoms with Crippen molar-refractivity contribution in [2.24, 2.45) is 0 Å². The zero-order valence-corrected chi connectivity index (χ0v) is 14.2. The van der Waals surface area contributed by atoms with Gasteiger partial charge in [0.15, 0.2) is 0 Å². The summed E-state index contributed by atoms with van der Waals surface area (Å²) in [5.41, 5.74) is 2.13. The van der Waals surface area contributed by atoms with Gasteiger partial charge in [-0.2, -0.15) is 0 Å². The first-order chi connectivity index (χ1) is 12.1. The Bertz CT molecular complexity index is 766. The highest BCUT2D eigenvalue weighted by atomic mass is 16.6. The molecule has 1 saturated heterocycles.